The van der Waals surface area contributed by atoms with Gasteiger partial charge in [0.15, 0.2) is 0 Å². The highest BCUT2D eigenvalue weighted by molar-refractivity contribution is 5.95. The van der Waals surface area contributed by atoms with Gasteiger partial charge in [0.2, 0.25) is 0 Å². The largest absolute Gasteiger partial charge is 0.496 e. The number of esters is 1. The molecule has 0 aliphatic carbocycles. The van der Waals surface area contributed by atoms with E-state index in [1.54, 1.807) is 0 Å². The third kappa shape index (κ3) is 2.77. The Labute approximate surface area is 101 Å². The van der Waals surface area contributed by atoms with E-state index >= 15 is 0 Å². The molecule has 4 nitrogen and oxygen atoms in total. The van der Waals surface area contributed by atoms with Crippen molar-refractivity contribution in [2.45, 2.75) is 20.8 Å². The molecule has 0 heterocycles. The molecule has 0 aliphatic heterocycles. The quantitative estimate of drug-likeness (QED) is 0.812. The molecule has 0 saturated heterocycles. The van der Waals surface area contributed by atoms with Gasteiger partial charge in [-0.1, -0.05) is 6.07 Å². The molecule has 1 aromatic carbocycles. The Morgan fingerprint density at radius 1 is 1.29 bits per heavy atom. The molecule has 0 aromatic heterocycles. The number of aliphatic hydroxyl groups excluding tert-OH is 1. The normalized spacial score (nSPS) is 10.2. The Kier molecular flexibility index (Phi) is 4.52. The summed E-state index contributed by atoms with van der Waals surface area (Å²) in [5.74, 6) is 0.0851. The highest BCUT2D eigenvalue weighted by Gasteiger charge is 2.19. The number of methoxy groups -OCH3 is 1. The van der Waals surface area contributed by atoms with Gasteiger partial charge in [-0.25, -0.2) is 4.79 Å². The highest BCUT2D eigenvalue weighted by Crippen LogP contribution is 2.29. The molecule has 0 amide bonds. The van der Waals surface area contributed by atoms with Gasteiger partial charge in [0, 0.05) is 0 Å². The number of aryl methyl sites for hydroxylation is 2. The number of carbonyl (C=O) groups is 1. The van der Waals surface area contributed by atoms with Crippen molar-refractivity contribution in [3.05, 3.63) is 28.3 Å². The fourth-order valence-electron chi connectivity index (χ4n) is 1.77. The summed E-state index contributed by atoms with van der Waals surface area (Å²) >= 11 is 0. The Balaban J connectivity index is 3.22. The molecule has 0 radical (unpaired) electrons. The van der Waals surface area contributed by atoms with Crippen LogP contribution in [-0.2, 0) is 4.74 Å². The summed E-state index contributed by atoms with van der Waals surface area (Å²) < 4.78 is 10.2. The van der Waals surface area contributed by atoms with E-state index in [-0.39, 0.29) is 13.2 Å². The number of carbonyl (C=O) groups excluding carboxylic acids is 1. The van der Waals surface area contributed by atoms with Crippen molar-refractivity contribution in [2.75, 3.05) is 20.3 Å². The third-order valence-electron chi connectivity index (χ3n) is 2.72. The summed E-state index contributed by atoms with van der Waals surface area (Å²) in [6, 6.07) is 1.92. The number of hydrogen-bond donors (Lipinski definition) is 1. The van der Waals surface area contributed by atoms with Crippen LogP contribution in [0.15, 0.2) is 6.07 Å². The van der Waals surface area contributed by atoms with Gasteiger partial charge in [-0.3, -0.25) is 0 Å². The van der Waals surface area contributed by atoms with E-state index in [2.05, 4.69) is 0 Å². The van der Waals surface area contributed by atoms with Gasteiger partial charge in [0.25, 0.3) is 0 Å². The van der Waals surface area contributed by atoms with E-state index in [0.29, 0.717) is 11.3 Å². The first-order chi connectivity index (χ1) is 8.02. The topological polar surface area (TPSA) is 55.8 Å². The zero-order valence-corrected chi connectivity index (χ0v) is 10.7. The molecule has 0 unspecified atom stereocenters. The molecule has 0 fully saturated rings. The fraction of sp³-hybridized carbons (Fsp3) is 0.462. The fourth-order valence-corrected chi connectivity index (χ4v) is 1.77. The van der Waals surface area contributed by atoms with Crippen LogP contribution < -0.4 is 4.74 Å². The van der Waals surface area contributed by atoms with E-state index < -0.39 is 5.97 Å². The molecule has 0 aliphatic rings. The molecular weight excluding hydrogens is 220 g/mol. The smallest absolute Gasteiger partial charge is 0.342 e. The molecule has 4 heteroatoms. The van der Waals surface area contributed by atoms with Gasteiger partial charge in [0.05, 0.1) is 13.7 Å². The number of rotatable bonds is 4. The lowest BCUT2D eigenvalue weighted by molar-refractivity contribution is 0.0429. The van der Waals surface area contributed by atoms with Gasteiger partial charge in [-0.05, 0) is 37.5 Å². The van der Waals surface area contributed by atoms with Crippen molar-refractivity contribution in [1.29, 1.82) is 0 Å². The first-order valence-electron chi connectivity index (χ1n) is 5.45. The van der Waals surface area contributed by atoms with Crippen LogP contribution in [0.1, 0.15) is 27.0 Å². The summed E-state index contributed by atoms with van der Waals surface area (Å²) in [5.41, 5.74) is 3.24. The first kappa shape index (κ1) is 13.5. The molecule has 1 aromatic rings. The zero-order chi connectivity index (χ0) is 13.0. The lowest BCUT2D eigenvalue weighted by Crippen LogP contribution is -2.13. The van der Waals surface area contributed by atoms with Crippen LogP contribution in [0.2, 0.25) is 0 Å². The minimum Gasteiger partial charge on any atom is -0.496 e. The molecule has 94 valence electrons. The van der Waals surface area contributed by atoms with Crippen LogP contribution in [0, 0.1) is 20.8 Å². The number of aliphatic hydroxyl groups is 1. The number of ether oxygens (including phenoxy) is 2. The third-order valence-corrected chi connectivity index (χ3v) is 2.72. The maximum atomic E-state index is 11.9. The van der Waals surface area contributed by atoms with Crippen molar-refractivity contribution >= 4 is 5.97 Å². The number of hydrogen-bond acceptors (Lipinski definition) is 4. The maximum absolute atomic E-state index is 11.9. The maximum Gasteiger partial charge on any atom is 0.342 e. The molecule has 17 heavy (non-hydrogen) atoms. The van der Waals surface area contributed by atoms with Gasteiger partial charge in [-0.15, -0.1) is 0 Å². The van der Waals surface area contributed by atoms with Crippen molar-refractivity contribution in [3.63, 3.8) is 0 Å². The lowest BCUT2D eigenvalue weighted by atomic mass is 9.99. The van der Waals surface area contributed by atoms with Gasteiger partial charge in [-0.2, -0.15) is 0 Å². The first-order valence-corrected chi connectivity index (χ1v) is 5.45. The van der Waals surface area contributed by atoms with E-state index in [1.807, 2.05) is 26.8 Å². The summed E-state index contributed by atoms with van der Waals surface area (Å²) in [6.07, 6.45) is 0. The molecule has 1 rings (SSSR count). The Bertz CT molecular complexity index is 424. The summed E-state index contributed by atoms with van der Waals surface area (Å²) in [7, 11) is 1.53. The zero-order valence-electron chi connectivity index (χ0n) is 10.7. The molecule has 0 bridgehead atoms. The number of benzene rings is 1. The van der Waals surface area contributed by atoms with Crippen LogP contribution in [-0.4, -0.2) is 31.4 Å². The standard InChI is InChI=1S/C13H18O4/c1-8-7-9(2)11(12(16-4)10(8)3)13(15)17-6-5-14/h7,14H,5-6H2,1-4H3. The van der Waals surface area contributed by atoms with Crippen LogP contribution in [0.5, 0.6) is 5.75 Å². The monoisotopic (exact) mass is 238 g/mol. The molecular formula is C13H18O4. The van der Waals surface area contributed by atoms with Gasteiger partial charge < -0.3 is 14.6 Å². The van der Waals surface area contributed by atoms with Crippen molar-refractivity contribution in [3.8, 4) is 5.75 Å². The predicted molar refractivity (Wildman–Crippen MR) is 64.6 cm³/mol. The Morgan fingerprint density at radius 3 is 2.47 bits per heavy atom. The SMILES string of the molecule is COc1c(C)c(C)cc(C)c1C(=O)OCCO. The van der Waals surface area contributed by atoms with Crippen LogP contribution in [0.4, 0.5) is 0 Å². The predicted octanol–water partition coefficient (Wildman–Crippen LogP) is 1.77. The average molecular weight is 238 g/mol. The van der Waals surface area contributed by atoms with Crippen LogP contribution in [0.3, 0.4) is 0 Å². The van der Waals surface area contributed by atoms with E-state index in [4.69, 9.17) is 14.6 Å². The second kappa shape index (κ2) is 5.68. The Hall–Kier alpha value is -1.55. The minimum atomic E-state index is -0.462. The van der Waals surface area contributed by atoms with Gasteiger partial charge >= 0.3 is 5.97 Å². The van der Waals surface area contributed by atoms with Crippen LogP contribution in [0.25, 0.3) is 0 Å². The summed E-state index contributed by atoms with van der Waals surface area (Å²) in [6.45, 7) is 5.51. The van der Waals surface area contributed by atoms with E-state index in [9.17, 15) is 4.79 Å². The average Bonchev–Trinajstić information content (AvgIpc) is 2.30. The summed E-state index contributed by atoms with van der Waals surface area (Å²) in [4.78, 5) is 11.9. The van der Waals surface area contributed by atoms with Crippen molar-refractivity contribution < 1.29 is 19.4 Å². The van der Waals surface area contributed by atoms with Crippen molar-refractivity contribution in [1.82, 2.24) is 0 Å². The van der Waals surface area contributed by atoms with E-state index in [1.165, 1.54) is 7.11 Å². The second-order valence-corrected chi connectivity index (χ2v) is 3.90. The van der Waals surface area contributed by atoms with Crippen LogP contribution >= 0.6 is 0 Å². The van der Waals surface area contributed by atoms with Crippen molar-refractivity contribution in [2.24, 2.45) is 0 Å². The highest BCUT2D eigenvalue weighted by atomic mass is 16.5. The molecule has 0 atom stereocenters. The second-order valence-electron chi connectivity index (χ2n) is 3.90. The molecule has 0 spiro atoms. The van der Waals surface area contributed by atoms with Gasteiger partial charge in [0.1, 0.15) is 17.9 Å². The lowest BCUT2D eigenvalue weighted by Gasteiger charge is -2.15. The van der Waals surface area contributed by atoms with E-state index in [0.717, 1.165) is 16.7 Å². The molecule has 1 N–H and O–H groups in total. The molecule has 0 saturated carbocycles. The Morgan fingerprint density at radius 2 is 1.94 bits per heavy atom. The summed E-state index contributed by atoms with van der Waals surface area (Å²) in [5, 5.41) is 8.65. The minimum absolute atomic E-state index is 0.00560.